The van der Waals surface area contributed by atoms with Gasteiger partial charge in [-0.15, -0.1) is 0 Å². The predicted molar refractivity (Wildman–Crippen MR) is 144 cm³/mol. The number of Topliss-reactive ketones (excluding diaryl/α,β-unsaturated/α-hetero) is 1. The van der Waals surface area contributed by atoms with Crippen molar-refractivity contribution in [2.24, 2.45) is 5.73 Å². The Balaban J connectivity index is 1.37. The van der Waals surface area contributed by atoms with Crippen LogP contribution in [0.4, 0.5) is 14.9 Å². The number of ether oxygens (including phenoxy) is 2. The minimum absolute atomic E-state index is 0.0247. The maximum Gasteiger partial charge on any atom is 0.414 e. The molecule has 1 fully saturated rings. The van der Waals surface area contributed by atoms with E-state index in [1.165, 1.54) is 37.2 Å². The number of ketones is 1. The van der Waals surface area contributed by atoms with E-state index < -0.39 is 30.0 Å². The second-order valence-electron chi connectivity index (χ2n) is 9.11. The Morgan fingerprint density at radius 3 is 2.62 bits per heavy atom. The van der Waals surface area contributed by atoms with Gasteiger partial charge in [0.15, 0.2) is 0 Å². The fourth-order valence-electron chi connectivity index (χ4n) is 4.09. The molecule has 11 nitrogen and oxygen atoms in total. The molecule has 1 aromatic heterocycles. The molecule has 0 saturated carbocycles. The monoisotopic (exact) mass is 549 g/mol. The SMILES string of the molecule is COc1nc(C)c(/C=C/C(=O)NCc2ccc(-c3ccc(N4CC([C@H](N)C(C)=O)OC4=O)cc3F)cc2)c(O)n1. The topological polar surface area (TPSA) is 157 Å². The molecule has 0 spiro atoms. The Morgan fingerprint density at radius 1 is 1.27 bits per heavy atom. The zero-order valence-corrected chi connectivity index (χ0v) is 22.1. The Kier molecular flexibility index (Phi) is 8.39. The lowest BCUT2D eigenvalue weighted by Gasteiger charge is -2.16. The number of aryl methyl sites for hydroxylation is 1. The number of halogens is 1. The van der Waals surface area contributed by atoms with Gasteiger partial charge < -0.3 is 25.6 Å². The van der Waals surface area contributed by atoms with E-state index >= 15 is 4.39 Å². The number of methoxy groups -OCH3 is 1. The highest BCUT2D eigenvalue weighted by molar-refractivity contribution is 5.92. The highest BCUT2D eigenvalue weighted by atomic mass is 19.1. The number of hydrogen-bond donors (Lipinski definition) is 3. The van der Waals surface area contributed by atoms with Crippen molar-refractivity contribution in [3.8, 4) is 23.0 Å². The average Bonchev–Trinajstić information content (AvgIpc) is 3.32. The predicted octanol–water partition coefficient (Wildman–Crippen LogP) is 2.88. The van der Waals surface area contributed by atoms with Crippen LogP contribution < -0.4 is 20.7 Å². The van der Waals surface area contributed by atoms with Crippen LogP contribution in [-0.2, 0) is 20.9 Å². The van der Waals surface area contributed by atoms with Gasteiger partial charge in [0, 0.05) is 18.2 Å². The molecule has 4 N–H and O–H groups in total. The zero-order chi connectivity index (χ0) is 29.0. The number of rotatable bonds is 9. The third-order valence-electron chi connectivity index (χ3n) is 6.38. The number of hydrogen-bond acceptors (Lipinski definition) is 9. The summed E-state index contributed by atoms with van der Waals surface area (Å²) in [6.45, 7) is 3.23. The highest BCUT2D eigenvalue weighted by Crippen LogP contribution is 2.30. The third kappa shape index (κ3) is 6.24. The van der Waals surface area contributed by atoms with Crippen molar-refractivity contribution < 1.29 is 33.4 Å². The number of nitrogens with two attached hydrogens (primary N) is 1. The van der Waals surface area contributed by atoms with Crippen molar-refractivity contribution in [1.29, 1.82) is 0 Å². The Labute approximate surface area is 229 Å². The molecule has 2 heterocycles. The van der Waals surface area contributed by atoms with Crippen molar-refractivity contribution in [1.82, 2.24) is 15.3 Å². The first kappa shape index (κ1) is 28.2. The van der Waals surface area contributed by atoms with Crippen LogP contribution in [0.25, 0.3) is 17.2 Å². The number of carbonyl (C=O) groups excluding carboxylic acids is 3. The standard InChI is InChI=1S/C28H28FN5O6/c1-15-20(26(37)33-27(32-15)39-3)10-11-24(36)31-13-17-4-6-18(7-5-17)21-9-8-19(12-22(21)29)34-14-23(40-28(34)38)25(30)16(2)35/h4-12,23,25H,13-14,30H2,1-3H3,(H,31,36)(H,32,33,37)/b11-10+/t23?,25-/m1/s1. The maximum atomic E-state index is 15.0. The fourth-order valence-corrected chi connectivity index (χ4v) is 4.09. The van der Waals surface area contributed by atoms with Crippen LogP contribution in [0, 0.1) is 12.7 Å². The molecule has 208 valence electrons. The quantitative estimate of drug-likeness (QED) is 0.341. The van der Waals surface area contributed by atoms with Crippen LogP contribution >= 0.6 is 0 Å². The summed E-state index contributed by atoms with van der Waals surface area (Å²) in [6.07, 6.45) is 1.17. The van der Waals surface area contributed by atoms with E-state index in [9.17, 15) is 19.5 Å². The first-order valence-corrected chi connectivity index (χ1v) is 12.3. The molecule has 1 aliphatic heterocycles. The van der Waals surface area contributed by atoms with Gasteiger partial charge in [0.1, 0.15) is 23.7 Å². The van der Waals surface area contributed by atoms with Gasteiger partial charge >= 0.3 is 12.1 Å². The summed E-state index contributed by atoms with van der Waals surface area (Å²) in [5.74, 6) is -1.55. The summed E-state index contributed by atoms with van der Waals surface area (Å²) in [4.78, 5) is 45.1. The van der Waals surface area contributed by atoms with Crippen molar-refractivity contribution in [3.05, 3.63) is 71.2 Å². The van der Waals surface area contributed by atoms with Gasteiger partial charge in [-0.2, -0.15) is 9.97 Å². The van der Waals surface area contributed by atoms with Crippen molar-refractivity contribution in [2.45, 2.75) is 32.5 Å². The smallest absolute Gasteiger partial charge is 0.414 e. The summed E-state index contributed by atoms with van der Waals surface area (Å²) >= 11 is 0. The van der Waals surface area contributed by atoms with Crippen LogP contribution in [0.5, 0.6) is 11.9 Å². The van der Waals surface area contributed by atoms with E-state index in [4.69, 9.17) is 15.2 Å². The first-order valence-electron chi connectivity index (χ1n) is 12.3. The third-order valence-corrected chi connectivity index (χ3v) is 6.38. The lowest BCUT2D eigenvalue weighted by molar-refractivity contribution is -0.120. The summed E-state index contributed by atoms with van der Waals surface area (Å²) in [7, 11) is 1.38. The molecule has 0 bridgehead atoms. The Hall–Kier alpha value is -4.84. The lowest BCUT2D eigenvalue weighted by Crippen LogP contribution is -2.43. The number of aromatic hydroxyl groups is 1. The normalized spacial score (nSPS) is 15.7. The van der Waals surface area contributed by atoms with E-state index in [2.05, 4.69) is 15.3 Å². The van der Waals surface area contributed by atoms with E-state index in [0.717, 1.165) is 5.56 Å². The van der Waals surface area contributed by atoms with E-state index in [1.807, 2.05) is 0 Å². The van der Waals surface area contributed by atoms with Crippen LogP contribution in [0.3, 0.4) is 0 Å². The van der Waals surface area contributed by atoms with Gasteiger partial charge in [-0.25, -0.2) is 9.18 Å². The molecule has 3 aromatic rings. The molecule has 1 unspecified atom stereocenters. The van der Waals surface area contributed by atoms with Crippen molar-refractivity contribution in [2.75, 3.05) is 18.6 Å². The van der Waals surface area contributed by atoms with Crippen LogP contribution in [0.15, 0.2) is 48.5 Å². The fraction of sp³-hybridized carbons (Fsp3) is 0.250. The molecule has 0 radical (unpaired) electrons. The molecule has 1 aliphatic rings. The molecule has 1 saturated heterocycles. The second-order valence-corrected chi connectivity index (χ2v) is 9.11. The van der Waals surface area contributed by atoms with E-state index in [0.29, 0.717) is 28.1 Å². The molecule has 4 rings (SSSR count). The number of nitrogens with one attached hydrogen (secondary N) is 1. The van der Waals surface area contributed by atoms with Crippen molar-refractivity contribution in [3.63, 3.8) is 0 Å². The average molecular weight is 550 g/mol. The molecule has 12 heteroatoms. The first-order chi connectivity index (χ1) is 19.1. The molecule has 2 aromatic carbocycles. The Morgan fingerprint density at radius 2 is 2.00 bits per heavy atom. The van der Waals surface area contributed by atoms with Crippen LogP contribution in [0.1, 0.15) is 23.7 Å². The van der Waals surface area contributed by atoms with Gasteiger partial charge in [0.2, 0.25) is 11.8 Å². The number of aromatic nitrogens is 2. The number of benzene rings is 2. The Bertz CT molecular complexity index is 1450. The largest absolute Gasteiger partial charge is 0.493 e. The summed E-state index contributed by atoms with van der Waals surface area (Å²) < 4.78 is 25.1. The van der Waals surface area contributed by atoms with Gasteiger partial charge in [-0.05, 0) is 49.2 Å². The molecule has 2 atom stereocenters. The summed E-state index contributed by atoms with van der Waals surface area (Å²) in [6, 6.07) is 10.4. The van der Waals surface area contributed by atoms with Crippen molar-refractivity contribution >= 4 is 29.5 Å². The minimum Gasteiger partial charge on any atom is -0.493 e. The molecule has 40 heavy (non-hydrogen) atoms. The lowest BCUT2D eigenvalue weighted by atomic mass is 10.0. The van der Waals surface area contributed by atoms with Gasteiger partial charge in [-0.3, -0.25) is 14.5 Å². The second kappa shape index (κ2) is 11.9. The number of carbonyl (C=O) groups is 3. The highest BCUT2D eigenvalue weighted by Gasteiger charge is 2.37. The van der Waals surface area contributed by atoms with Crippen LogP contribution in [0.2, 0.25) is 0 Å². The maximum absolute atomic E-state index is 15.0. The molecular weight excluding hydrogens is 521 g/mol. The van der Waals surface area contributed by atoms with E-state index in [-0.39, 0.29) is 30.8 Å². The molecule has 0 aliphatic carbocycles. The van der Waals surface area contributed by atoms with Gasteiger partial charge in [0.25, 0.3) is 0 Å². The van der Waals surface area contributed by atoms with Crippen LogP contribution in [-0.4, -0.2) is 58.7 Å². The number of cyclic esters (lactones) is 1. The summed E-state index contributed by atoms with van der Waals surface area (Å²) in [5.41, 5.74) is 8.54. The molecular formula is C28H28FN5O6. The van der Waals surface area contributed by atoms with E-state index in [1.54, 1.807) is 43.3 Å². The summed E-state index contributed by atoms with van der Waals surface area (Å²) in [5, 5.41) is 12.8. The number of anilines is 1. The minimum atomic E-state index is -0.946. The number of amides is 2. The zero-order valence-electron chi connectivity index (χ0n) is 22.1. The number of nitrogens with zero attached hydrogens (tertiary/aromatic N) is 3. The van der Waals surface area contributed by atoms with Gasteiger partial charge in [0.05, 0.1) is 30.6 Å². The van der Waals surface area contributed by atoms with Gasteiger partial charge in [-0.1, -0.05) is 24.3 Å². The molecule has 2 amide bonds.